The highest BCUT2D eigenvalue weighted by Gasteiger charge is 2.03. The zero-order valence-corrected chi connectivity index (χ0v) is 11.8. The molecular weight excluding hydrogens is 262 g/mol. The van der Waals surface area contributed by atoms with Crippen molar-refractivity contribution < 1.29 is 9.47 Å². The molecule has 0 aliphatic rings. The van der Waals surface area contributed by atoms with Crippen LogP contribution in [0.3, 0.4) is 0 Å². The molecule has 0 spiro atoms. The molecule has 0 atom stereocenters. The molecule has 0 amide bonds. The maximum atomic E-state index is 8.98. The number of hydrogen-bond donors (Lipinski definition) is 0. The average molecular weight is 279 g/mol. The van der Waals surface area contributed by atoms with Crippen LogP contribution in [0.2, 0.25) is 0 Å². The fourth-order valence-corrected chi connectivity index (χ4v) is 1.96. The second kappa shape index (κ2) is 7.76. The first kappa shape index (κ1) is 14.7. The second-order valence-electron chi connectivity index (χ2n) is 4.41. The van der Waals surface area contributed by atoms with Gasteiger partial charge in [0.05, 0.1) is 5.56 Å². The van der Waals surface area contributed by atoms with Gasteiger partial charge in [-0.25, -0.2) is 0 Å². The van der Waals surface area contributed by atoms with Gasteiger partial charge in [-0.2, -0.15) is 5.26 Å². The molecular formula is C18H17NO2. The lowest BCUT2D eigenvalue weighted by Gasteiger charge is -2.11. The summed E-state index contributed by atoms with van der Waals surface area (Å²) in [5.74, 6) is 1.43. The van der Waals surface area contributed by atoms with Crippen molar-refractivity contribution in [2.45, 2.75) is 6.42 Å². The first-order valence-corrected chi connectivity index (χ1v) is 6.78. The van der Waals surface area contributed by atoms with Gasteiger partial charge in [-0.3, -0.25) is 0 Å². The molecule has 2 aromatic carbocycles. The van der Waals surface area contributed by atoms with Gasteiger partial charge in [0.15, 0.2) is 0 Å². The van der Waals surface area contributed by atoms with Gasteiger partial charge in [0.1, 0.15) is 30.8 Å². The normalized spacial score (nSPS) is 9.67. The molecule has 0 radical (unpaired) electrons. The van der Waals surface area contributed by atoms with Gasteiger partial charge < -0.3 is 9.47 Å². The van der Waals surface area contributed by atoms with Gasteiger partial charge in [0, 0.05) is 0 Å². The smallest absolute Gasteiger partial charge is 0.137 e. The molecule has 0 saturated carbocycles. The largest absolute Gasteiger partial charge is 0.490 e. The number of nitrogens with zero attached hydrogens (tertiary/aromatic N) is 1. The number of allylic oxidation sites excluding steroid dienone is 1. The summed E-state index contributed by atoms with van der Waals surface area (Å²) in [4.78, 5) is 0. The Labute approximate surface area is 125 Å². The van der Waals surface area contributed by atoms with Gasteiger partial charge in [0.25, 0.3) is 0 Å². The van der Waals surface area contributed by atoms with E-state index in [0.29, 0.717) is 24.5 Å². The molecule has 0 heterocycles. The highest BCUT2D eigenvalue weighted by molar-refractivity contribution is 5.42. The highest BCUT2D eigenvalue weighted by atomic mass is 16.5. The molecule has 0 unspecified atom stereocenters. The molecule has 0 saturated heterocycles. The molecule has 0 aliphatic heterocycles. The first-order chi connectivity index (χ1) is 10.3. The van der Waals surface area contributed by atoms with Crippen molar-refractivity contribution in [2.75, 3.05) is 13.2 Å². The van der Waals surface area contributed by atoms with E-state index >= 15 is 0 Å². The Bertz CT molecular complexity index is 644. The predicted molar refractivity (Wildman–Crippen MR) is 82.5 cm³/mol. The second-order valence-corrected chi connectivity index (χ2v) is 4.41. The summed E-state index contributed by atoms with van der Waals surface area (Å²) in [6, 6.07) is 17.1. The van der Waals surface area contributed by atoms with Gasteiger partial charge in [0.2, 0.25) is 0 Å². The van der Waals surface area contributed by atoms with Crippen molar-refractivity contribution >= 4 is 0 Å². The molecule has 2 rings (SSSR count). The van der Waals surface area contributed by atoms with Crippen molar-refractivity contribution in [1.29, 1.82) is 5.26 Å². The number of para-hydroxylation sites is 2. The minimum atomic E-state index is 0.390. The highest BCUT2D eigenvalue weighted by Crippen LogP contribution is 2.19. The topological polar surface area (TPSA) is 42.2 Å². The minimum absolute atomic E-state index is 0.390. The van der Waals surface area contributed by atoms with Crippen molar-refractivity contribution in [3.05, 3.63) is 72.3 Å². The molecule has 3 heteroatoms. The van der Waals surface area contributed by atoms with Crippen molar-refractivity contribution in [3.8, 4) is 17.6 Å². The summed E-state index contributed by atoms with van der Waals surface area (Å²) in [7, 11) is 0. The molecule has 106 valence electrons. The summed E-state index contributed by atoms with van der Waals surface area (Å²) >= 11 is 0. The lowest BCUT2D eigenvalue weighted by molar-refractivity contribution is 0.216. The van der Waals surface area contributed by atoms with E-state index in [9.17, 15) is 0 Å². The van der Waals surface area contributed by atoms with Crippen LogP contribution in [-0.2, 0) is 6.42 Å². The molecule has 3 nitrogen and oxygen atoms in total. The van der Waals surface area contributed by atoms with E-state index in [1.807, 2.05) is 42.5 Å². The van der Waals surface area contributed by atoms with Gasteiger partial charge in [-0.1, -0.05) is 36.4 Å². The van der Waals surface area contributed by atoms with Crippen LogP contribution >= 0.6 is 0 Å². The van der Waals surface area contributed by atoms with Crippen LogP contribution in [0.5, 0.6) is 11.5 Å². The first-order valence-electron chi connectivity index (χ1n) is 6.78. The van der Waals surface area contributed by atoms with E-state index in [1.165, 1.54) is 0 Å². The van der Waals surface area contributed by atoms with Gasteiger partial charge >= 0.3 is 0 Å². The number of ether oxygens (including phenoxy) is 2. The Hall–Kier alpha value is -2.73. The van der Waals surface area contributed by atoms with Crippen molar-refractivity contribution in [3.63, 3.8) is 0 Å². The van der Waals surface area contributed by atoms with E-state index in [1.54, 1.807) is 12.1 Å². The lowest BCUT2D eigenvalue weighted by Crippen LogP contribution is -2.10. The van der Waals surface area contributed by atoms with E-state index in [-0.39, 0.29) is 0 Å². The monoisotopic (exact) mass is 279 g/mol. The third kappa shape index (κ3) is 4.12. The fraction of sp³-hybridized carbons (Fsp3) is 0.167. The number of rotatable bonds is 7. The predicted octanol–water partition coefficient (Wildman–Crippen LogP) is 3.74. The maximum absolute atomic E-state index is 8.98. The van der Waals surface area contributed by atoms with E-state index in [4.69, 9.17) is 14.7 Å². The molecule has 0 aliphatic carbocycles. The molecule has 0 aromatic heterocycles. The van der Waals surface area contributed by atoms with Crippen molar-refractivity contribution in [2.24, 2.45) is 0 Å². The Kier molecular flexibility index (Phi) is 5.42. The summed E-state index contributed by atoms with van der Waals surface area (Å²) in [5, 5.41) is 8.98. The average Bonchev–Trinajstić information content (AvgIpc) is 2.53. The van der Waals surface area contributed by atoms with E-state index in [0.717, 1.165) is 17.7 Å². The minimum Gasteiger partial charge on any atom is -0.490 e. The van der Waals surface area contributed by atoms with Crippen LogP contribution in [0.1, 0.15) is 11.1 Å². The van der Waals surface area contributed by atoms with Gasteiger partial charge in [-0.15, -0.1) is 6.58 Å². The summed E-state index contributed by atoms with van der Waals surface area (Å²) in [5.41, 5.74) is 1.63. The van der Waals surface area contributed by atoms with Crippen LogP contribution in [0.4, 0.5) is 0 Å². The Balaban J connectivity index is 1.88. The molecule has 0 bridgehead atoms. The van der Waals surface area contributed by atoms with Crippen LogP contribution < -0.4 is 9.47 Å². The van der Waals surface area contributed by atoms with Crippen molar-refractivity contribution in [1.82, 2.24) is 0 Å². The fourth-order valence-electron chi connectivity index (χ4n) is 1.96. The zero-order chi connectivity index (χ0) is 14.9. The molecule has 0 fully saturated rings. The van der Waals surface area contributed by atoms with Crippen LogP contribution in [0.25, 0.3) is 0 Å². The molecule has 2 aromatic rings. The summed E-state index contributed by atoms with van der Waals surface area (Å²) < 4.78 is 11.3. The third-order valence-electron chi connectivity index (χ3n) is 2.94. The lowest BCUT2D eigenvalue weighted by atomic mass is 10.1. The van der Waals surface area contributed by atoms with Crippen LogP contribution in [0.15, 0.2) is 61.2 Å². The third-order valence-corrected chi connectivity index (χ3v) is 2.94. The van der Waals surface area contributed by atoms with Crippen LogP contribution in [0, 0.1) is 11.3 Å². The Morgan fingerprint density at radius 2 is 1.57 bits per heavy atom. The number of hydrogen-bond acceptors (Lipinski definition) is 3. The molecule has 21 heavy (non-hydrogen) atoms. The van der Waals surface area contributed by atoms with E-state index < -0.39 is 0 Å². The SMILES string of the molecule is C=CCc1ccccc1OCCOc1ccccc1C#N. The number of nitriles is 1. The zero-order valence-electron chi connectivity index (χ0n) is 11.8. The summed E-state index contributed by atoms with van der Waals surface area (Å²) in [6.45, 7) is 4.56. The van der Waals surface area contributed by atoms with Gasteiger partial charge in [-0.05, 0) is 30.2 Å². The Morgan fingerprint density at radius 1 is 0.952 bits per heavy atom. The Morgan fingerprint density at radius 3 is 2.29 bits per heavy atom. The maximum Gasteiger partial charge on any atom is 0.137 e. The number of benzene rings is 2. The quantitative estimate of drug-likeness (QED) is 0.572. The standard InChI is InChI=1S/C18H17NO2/c1-2-7-15-8-3-5-10-17(15)20-12-13-21-18-11-6-4-9-16(18)14-19/h2-6,8-11H,1,7,12-13H2. The summed E-state index contributed by atoms with van der Waals surface area (Å²) in [6.07, 6.45) is 2.62. The van der Waals surface area contributed by atoms with E-state index in [2.05, 4.69) is 12.6 Å². The van der Waals surface area contributed by atoms with Crippen LogP contribution in [-0.4, -0.2) is 13.2 Å². The molecule has 0 N–H and O–H groups in total.